The molecule has 27 heavy (non-hydrogen) atoms. The first-order chi connectivity index (χ1) is 13.1. The number of esters is 1. The first-order valence-electron chi connectivity index (χ1n) is 8.86. The predicted octanol–water partition coefficient (Wildman–Crippen LogP) is 3.12. The number of ketones is 1. The van der Waals surface area contributed by atoms with Crippen molar-refractivity contribution < 1.29 is 19.1 Å². The molecule has 0 saturated heterocycles. The van der Waals surface area contributed by atoms with Crippen LogP contribution in [0.3, 0.4) is 0 Å². The van der Waals surface area contributed by atoms with E-state index in [2.05, 4.69) is 0 Å². The standard InChI is InChI=1S/C22H19NO4/c1-2-27-22(26)11-17-8-15-9-18(12-23)20(21(25)13-24)10-16(15)7-14-5-3-4-6-19(14)17/h3-6,9-10,13,17H,2,7-8,11H2,1H3/t17-/m1/s1. The first-order valence-corrected chi connectivity index (χ1v) is 8.86. The van der Waals surface area contributed by atoms with Crippen molar-refractivity contribution in [3.63, 3.8) is 0 Å². The van der Waals surface area contributed by atoms with E-state index in [1.54, 1.807) is 19.1 Å². The molecule has 0 aromatic heterocycles. The number of Topliss-reactive ketones (excluding diaryl/α,β-unsaturated/α-hetero) is 1. The Kier molecular flexibility index (Phi) is 5.46. The molecule has 2 aromatic carbocycles. The van der Waals surface area contributed by atoms with Gasteiger partial charge in [0.25, 0.3) is 0 Å². The van der Waals surface area contributed by atoms with Crippen LogP contribution in [0.1, 0.15) is 57.4 Å². The van der Waals surface area contributed by atoms with E-state index in [1.165, 1.54) is 0 Å². The van der Waals surface area contributed by atoms with Crippen LogP contribution in [0.5, 0.6) is 0 Å². The van der Waals surface area contributed by atoms with Crippen LogP contribution >= 0.6 is 0 Å². The maximum absolute atomic E-state index is 12.1. The fourth-order valence-corrected chi connectivity index (χ4v) is 3.68. The zero-order valence-corrected chi connectivity index (χ0v) is 15.0. The van der Waals surface area contributed by atoms with Crippen molar-refractivity contribution in [1.82, 2.24) is 0 Å². The van der Waals surface area contributed by atoms with Gasteiger partial charge in [0.15, 0.2) is 6.29 Å². The Morgan fingerprint density at radius 1 is 1.22 bits per heavy atom. The average molecular weight is 361 g/mol. The minimum absolute atomic E-state index is 0.0688. The molecule has 1 aliphatic carbocycles. The van der Waals surface area contributed by atoms with Crippen LogP contribution in [0.4, 0.5) is 0 Å². The molecule has 0 amide bonds. The topological polar surface area (TPSA) is 84.2 Å². The van der Waals surface area contributed by atoms with Gasteiger partial charge in [0.05, 0.1) is 24.7 Å². The monoisotopic (exact) mass is 361 g/mol. The summed E-state index contributed by atoms with van der Waals surface area (Å²) in [4.78, 5) is 34.9. The van der Waals surface area contributed by atoms with Crippen LogP contribution in [-0.2, 0) is 27.2 Å². The Morgan fingerprint density at radius 2 is 2.00 bits per heavy atom. The van der Waals surface area contributed by atoms with Crippen molar-refractivity contribution in [2.75, 3.05) is 6.61 Å². The molecule has 0 unspecified atom stereocenters. The predicted molar refractivity (Wildman–Crippen MR) is 98.5 cm³/mol. The Hall–Kier alpha value is -3.26. The summed E-state index contributed by atoms with van der Waals surface area (Å²) in [7, 11) is 0. The quantitative estimate of drug-likeness (QED) is 0.354. The normalized spacial score (nSPS) is 14.9. The smallest absolute Gasteiger partial charge is 0.306 e. The van der Waals surface area contributed by atoms with Crippen molar-refractivity contribution in [2.45, 2.75) is 32.1 Å². The van der Waals surface area contributed by atoms with E-state index in [0.29, 0.717) is 19.4 Å². The Morgan fingerprint density at radius 3 is 2.70 bits per heavy atom. The minimum atomic E-state index is -0.699. The van der Waals surface area contributed by atoms with Crippen molar-refractivity contribution in [3.8, 4) is 6.07 Å². The molecule has 0 saturated carbocycles. The lowest BCUT2D eigenvalue weighted by molar-refractivity contribution is -0.143. The maximum atomic E-state index is 12.1. The Bertz CT molecular complexity index is 955. The number of hydrogen-bond acceptors (Lipinski definition) is 5. The van der Waals surface area contributed by atoms with Crippen LogP contribution in [0.25, 0.3) is 0 Å². The van der Waals surface area contributed by atoms with E-state index >= 15 is 0 Å². The zero-order valence-electron chi connectivity index (χ0n) is 15.0. The van der Waals surface area contributed by atoms with E-state index < -0.39 is 5.78 Å². The van der Waals surface area contributed by atoms with Crippen LogP contribution in [0.2, 0.25) is 0 Å². The molecule has 1 aliphatic rings. The van der Waals surface area contributed by atoms with Crippen LogP contribution < -0.4 is 0 Å². The van der Waals surface area contributed by atoms with Gasteiger partial charge in [0, 0.05) is 5.56 Å². The number of nitrogens with zero attached hydrogens (tertiary/aromatic N) is 1. The van der Waals surface area contributed by atoms with Crippen molar-refractivity contribution >= 4 is 18.0 Å². The van der Waals surface area contributed by atoms with Gasteiger partial charge >= 0.3 is 5.97 Å². The van der Waals surface area contributed by atoms with Gasteiger partial charge in [-0.15, -0.1) is 0 Å². The number of hydrogen-bond donors (Lipinski definition) is 0. The second kappa shape index (κ2) is 7.96. The van der Waals surface area contributed by atoms with Gasteiger partial charge in [-0.2, -0.15) is 5.26 Å². The SMILES string of the molecule is CCOC(=O)C[C@H]1Cc2cc(C#N)c(C(=O)C=O)cc2Cc2ccccc21. The number of fused-ring (bicyclic) bond motifs is 2. The van der Waals surface area contributed by atoms with E-state index in [0.717, 1.165) is 22.3 Å². The first kappa shape index (κ1) is 18.5. The molecule has 0 heterocycles. The van der Waals surface area contributed by atoms with E-state index in [-0.39, 0.29) is 35.7 Å². The Balaban J connectivity index is 2.09. The van der Waals surface area contributed by atoms with Crippen LogP contribution in [-0.4, -0.2) is 24.6 Å². The molecule has 2 aromatic rings. The summed E-state index contributed by atoms with van der Waals surface area (Å²) >= 11 is 0. The highest BCUT2D eigenvalue weighted by Crippen LogP contribution is 2.35. The molecule has 0 N–H and O–H groups in total. The maximum Gasteiger partial charge on any atom is 0.306 e. The molecular formula is C22H19NO4. The second-order valence-corrected chi connectivity index (χ2v) is 6.55. The van der Waals surface area contributed by atoms with Gasteiger partial charge < -0.3 is 4.74 Å². The fourth-order valence-electron chi connectivity index (χ4n) is 3.68. The van der Waals surface area contributed by atoms with Gasteiger partial charge in [-0.1, -0.05) is 24.3 Å². The summed E-state index contributed by atoms with van der Waals surface area (Å²) in [5, 5.41) is 9.40. The number of aldehydes is 1. The third-order valence-electron chi connectivity index (χ3n) is 4.89. The molecule has 5 heteroatoms. The molecule has 0 aliphatic heterocycles. The minimum Gasteiger partial charge on any atom is -0.466 e. The number of rotatable bonds is 5. The number of nitriles is 1. The van der Waals surface area contributed by atoms with E-state index in [4.69, 9.17) is 4.74 Å². The summed E-state index contributed by atoms with van der Waals surface area (Å²) in [5.74, 6) is -1.02. The fraction of sp³-hybridized carbons (Fsp3) is 0.273. The molecule has 0 radical (unpaired) electrons. The van der Waals surface area contributed by atoms with E-state index in [1.807, 2.05) is 30.3 Å². The molecule has 0 spiro atoms. The van der Waals surface area contributed by atoms with Crippen molar-refractivity contribution in [3.05, 3.63) is 69.8 Å². The van der Waals surface area contributed by atoms with Crippen LogP contribution in [0.15, 0.2) is 36.4 Å². The molecular weight excluding hydrogens is 342 g/mol. The highest BCUT2D eigenvalue weighted by molar-refractivity contribution is 6.34. The molecule has 0 fully saturated rings. The molecule has 0 bridgehead atoms. The number of ether oxygens (including phenoxy) is 1. The molecule has 3 rings (SSSR count). The number of benzene rings is 2. The zero-order chi connectivity index (χ0) is 19.4. The summed E-state index contributed by atoms with van der Waals surface area (Å²) < 4.78 is 5.12. The van der Waals surface area contributed by atoms with Gasteiger partial charge in [-0.3, -0.25) is 14.4 Å². The van der Waals surface area contributed by atoms with Gasteiger partial charge in [-0.05, 0) is 60.1 Å². The number of carbonyl (C=O) groups excluding carboxylic acids is 3. The molecule has 1 atom stereocenters. The summed E-state index contributed by atoms with van der Waals surface area (Å²) in [6.45, 7) is 2.11. The third-order valence-corrected chi connectivity index (χ3v) is 4.89. The van der Waals surface area contributed by atoms with Crippen LogP contribution in [0, 0.1) is 11.3 Å². The van der Waals surface area contributed by atoms with E-state index in [9.17, 15) is 19.6 Å². The highest BCUT2D eigenvalue weighted by atomic mass is 16.5. The second-order valence-electron chi connectivity index (χ2n) is 6.55. The lowest BCUT2D eigenvalue weighted by Gasteiger charge is -2.17. The van der Waals surface area contributed by atoms with Crippen molar-refractivity contribution in [2.24, 2.45) is 0 Å². The van der Waals surface area contributed by atoms with Gasteiger partial charge in [0.1, 0.15) is 0 Å². The molecule has 5 nitrogen and oxygen atoms in total. The number of carbonyl (C=O) groups is 3. The summed E-state index contributed by atoms with van der Waals surface area (Å²) in [6, 6.07) is 13.2. The third kappa shape index (κ3) is 3.80. The summed E-state index contributed by atoms with van der Waals surface area (Å²) in [6.07, 6.45) is 1.63. The van der Waals surface area contributed by atoms with Gasteiger partial charge in [0.2, 0.25) is 5.78 Å². The average Bonchev–Trinajstić information content (AvgIpc) is 2.82. The molecule has 136 valence electrons. The lowest BCUT2D eigenvalue weighted by Crippen LogP contribution is -2.13. The van der Waals surface area contributed by atoms with Gasteiger partial charge in [-0.25, -0.2) is 0 Å². The Labute approximate surface area is 157 Å². The summed E-state index contributed by atoms with van der Waals surface area (Å²) in [5.41, 5.74) is 4.28. The highest BCUT2D eigenvalue weighted by Gasteiger charge is 2.26. The van der Waals surface area contributed by atoms with Crippen molar-refractivity contribution in [1.29, 1.82) is 5.26 Å². The lowest BCUT2D eigenvalue weighted by atomic mass is 9.88. The largest absolute Gasteiger partial charge is 0.466 e.